The van der Waals surface area contributed by atoms with E-state index in [4.69, 9.17) is 9.47 Å². The fourth-order valence-corrected chi connectivity index (χ4v) is 3.46. The van der Waals surface area contributed by atoms with Crippen molar-refractivity contribution in [1.82, 2.24) is 4.90 Å². The molecule has 0 spiro atoms. The van der Waals surface area contributed by atoms with E-state index in [1.54, 1.807) is 12.0 Å². The summed E-state index contributed by atoms with van der Waals surface area (Å²) in [5.74, 6) is 0.812. The lowest BCUT2D eigenvalue weighted by molar-refractivity contribution is -0.118. The number of hydrogen-bond donors (Lipinski definition) is 0. The number of fused-ring (bicyclic) bond motifs is 1. The van der Waals surface area contributed by atoms with Crippen molar-refractivity contribution in [2.45, 2.75) is 19.4 Å². The molecule has 154 valence electrons. The van der Waals surface area contributed by atoms with Crippen LogP contribution in [0.1, 0.15) is 36.1 Å². The average Bonchev–Trinajstić information content (AvgIpc) is 2.76. The molecular formula is C25H25NO4. The van der Waals surface area contributed by atoms with Gasteiger partial charge in [-0.2, -0.15) is 0 Å². The Bertz CT molecular complexity index is 1000. The van der Waals surface area contributed by atoms with Gasteiger partial charge in [0.05, 0.1) is 20.3 Å². The molecule has 3 rings (SSSR count). The average molecular weight is 403 g/mol. The van der Waals surface area contributed by atoms with E-state index in [1.165, 1.54) is 14.0 Å². The van der Waals surface area contributed by atoms with Gasteiger partial charge in [0, 0.05) is 12.1 Å². The quantitative estimate of drug-likeness (QED) is 0.606. The van der Waals surface area contributed by atoms with Gasteiger partial charge in [0.15, 0.2) is 0 Å². The Kier molecular flexibility index (Phi) is 6.86. The van der Waals surface area contributed by atoms with Gasteiger partial charge in [-0.05, 0) is 47.9 Å². The molecule has 0 aliphatic carbocycles. The maximum Gasteiger partial charge on any atom is 0.414 e. The van der Waals surface area contributed by atoms with Crippen molar-refractivity contribution >= 4 is 24.0 Å². The van der Waals surface area contributed by atoms with Crippen LogP contribution in [-0.4, -0.2) is 31.0 Å². The van der Waals surface area contributed by atoms with Gasteiger partial charge >= 0.3 is 6.09 Å². The summed E-state index contributed by atoms with van der Waals surface area (Å²) in [5.41, 5.74) is 3.63. The number of allylic oxidation sites excluding steroid dienone is 3. The van der Waals surface area contributed by atoms with Crippen LogP contribution in [0.15, 0.2) is 72.5 Å². The van der Waals surface area contributed by atoms with Gasteiger partial charge < -0.3 is 9.47 Å². The molecule has 1 aliphatic rings. The van der Waals surface area contributed by atoms with Crippen molar-refractivity contribution in [2.75, 3.05) is 14.2 Å². The summed E-state index contributed by atoms with van der Waals surface area (Å²) < 4.78 is 10.2. The lowest BCUT2D eigenvalue weighted by Crippen LogP contribution is -2.36. The highest BCUT2D eigenvalue weighted by Gasteiger charge is 2.33. The standard InChI is InChI=1S/C25H25NO4/c1-18(27)16-24-23-11-7-5-9-20(23)17-21(26(24)25(28)30-3)10-6-4-8-19-12-14-22(29-2)15-13-19/h4-15,17,24H,16H2,1-3H3/b8-4+,10-6+. The number of ketones is 1. The minimum absolute atomic E-state index is 0.00772. The van der Waals surface area contributed by atoms with Crippen molar-refractivity contribution in [3.63, 3.8) is 0 Å². The molecule has 2 aromatic rings. The van der Waals surface area contributed by atoms with E-state index < -0.39 is 12.1 Å². The van der Waals surface area contributed by atoms with Crippen molar-refractivity contribution < 1.29 is 19.1 Å². The second-order valence-corrected chi connectivity index (χ2v) is 6.95. The van der Waals surface area contributed by atoms with E-state index >= 15 is 0 Å². The van der Waals surface area contributed by atoms with Crippen LogP contribution in [0.3, 0.4) is 0 Å². The Labute approximate surface area is 176 Å². The normalized spacial score (nSPS) is 15.8. The third-order valence-corrected chi connectivity index (χ3v) is 4.88. The van der Waals surface area contributed by atoms with Crippen LogP contribution in [0.5, 0.6) is 5.75 Å². The molecule has 0 fully saturated rings. The van der Waals surface area contributed by atoms with Gasteiger partial charge in [0.2, 0.25) is 0 Å². The van der Waals surface area contributed by atoms with Gasteiger partial charge in [-0.25, -0.2) is 4.79 Å². The van der Waals surface area contributed by atoms with Crippen LogP contribution in [0.25, 0.3) is 12.2 Å². The number of ether oxygens (including phenoxy) is 2. The molecule has 0 saturated carbocycles. The van der Waals surface area contributed by atoms with E-state index in [2.05, 4.69) is 0 Å². The van der Waals surface area contributed by atoms with E-state index in [9.17, 15) is 9.59 Å². The predicted molar refractivity (Wildman–Crippen MR) is 118 cm³/mol. The highest BCUT2D eigenvalue weighted by molar-refractivity contribution is 5.81. The molecule has 0 saturated heterocycles. The number of Topliss-reactive ketones (excluding diaryl/α,β-unsaturated/α-hetero) is 1. The minimum atomic E-state index is -0.495. The summed E-state index contributed by atoms with van der Waals surface area (Å²) in [6.07, 6.45) is 9.23. The summed E-state index contributed by atoms with van der Waals surface area (Å²) in [7, 11) is 2.98. The first kappa shape index (κ1) is 21.1. The summed E-state index contributed by atoms with van der Waals surface area (Å²) in [4.78, 5) is 26.0. The number of methoxy groups -OCH3 is 2. The van der Waals surface area contributed by atoms with Crippen molar-refractivity contribution in [3.05, 3.63) is 89.1 Å². The van der Waals surface area contributed by atoms with Crippen molar-refractivity contribution in [2.24, 2.45) is 0 Å². The third-order valence-electron chi connectivity index (χ3n) is 4.88. The van der Waals surface area contributed by atoms with Crippen LogP contribution >= 0.6 is 0 Å². The molecule has 2 aromatic carbocycles. The van der Waals surface area contributed by atoms with E-state index in [-0.39, 0.29) is 12.2 Å². The van der Waals surface area contributed by atoms with Crippen molar-refractivity contribution in [3.8, 4) is 5.75 Å². The number of nitrogens with zero attached hydrogens (tertiary/aromatic N) is 1. The molecule has 1 atom stereocenters. The number of amides is 1. The summed E-state index contributed by atoms with van der Waals surface area (Å²) in [6.45, 7) is 1.53. The topological polar surface area (TPSA) is 55.8 Å². The number of carbonyl (C=O) groups excluding carboxylic acids is 2. The molecule has 1 unspecified atom stereocenters. The van der Waals surface area contributed by atoms with Gasteiger partial charge in [-0.3, -0.25) is 9.69 Å². The van der Waals surface area contributed by atoms with E-state index in [1.807, 2.05) is 78.9 Å². The molecule has 0 radical (unpaired) electrons. The smallest absolute Gasteiger partial charge is 0.414 e. The molecule has 1 amide bonds. The molecule has 0 bridgehead atoms. The molecule has 30 heavy (non-hydrogen) atoms. The summed E-state index contributed by atoms with van der Waals surface area (Å²) >= 11 is 0. The molecule has 1 heterocycles. The number of benzene rings is 2. The van der Waals surface area contributed by atoms with Crippen molar-refractivity contribution in [1.29, 1.82) is 0 Å². The third kappa shape index (κ3) is 4.87. The Morgan fingerprint density at radius 1 is 1.00 bits per heavy atom. The first-order chi connectivity index (χ1) is 14.5. The maximum atomic E-state index is 12.6. The molecule has 0 N–H and O–H groups in total. The number of hydrogen-bond acceptors (Lipinski definition) is 4. The van der Waals surface area contributed by atoms with Crippen LogP contribution in [-0.2, 0) is 9.53 Å². The second kappa shape index (κ2) is 9.74. The first-order valence-electron chi connectivity index (χ1n) is 9.69. The minimum Gasteiger partial charge on any atom is -0.497 e. The van der Waals surface area contributed by atoms with Crippen LogP contribution in [0, 0.1) is 0 Å². The fraction of sp³-hybridized carbons (Fsp3) is 0.200. The van der Waals surface area contributed by atoms with E-state index in [0.717, 1.165) is 22.4 Å². The van der Waals surface area contributed by atoms with Crippen LogP contribution in [0.2, 0.25) is 0 Å². The second-order valence-electron chi connectivity index (χ2n) is 6.95. The fourth-order valence-electron chi connectivity index (χ4n) is 3.46. The number of rotatable bonds is 6. The Hall–Kier alpha value is -3.60. The predicted octanol–water partition coefficient (Wildman–Crippen LogP) is 5.41. The van der Waals surface area contributed by atoms with Crippen LogP contribution in [0.4, 0.5) is 4.79 Å². The zero-order valence-electron chi connectivity index (χ0n) is 17.4. The molecular weight excluding hydrogens is 378 g/mol. The lowest BCUT2D eigenvalue weighted by atomic mass is 9.91. The monoisotopic (exact) mass is 403 g/mol. The Morgan fingerprint density at radius 2 is 1.70 bits per heavy atom. The van der Waals surface area contributed by atoms with E-state index in [0.29, 0.717) is 5.70 Å². The lowest BCUT2D eigenvalue weighted by Gasteiger charge is -2.35. The summed E-state index contributed by atoms with van der Waals surface area (Å²) in [5, 5.41) is 0. The molecule has 5 nitrogen and oxygen atoms in total. The summed E-state index contributed by atoms with van der Waals surface area (Å²) in [6, 6.07) is 15.1. The zero-order valence-corrected chi connectivity index (χ0v) is 17.4. The maximum absolute atomic E-state index is 12.6. The molecule has 1 aliphatic heterocycles. The number of carbonyl (C=O) groups is 2. The SMILES string of the molecule is COC(=O)N1C(/C=C/C=C/c2ccc(OC)cc2)=Cc2ccccc2C1CC(C)=O. The van der Waals surface area contributed by atoms with Gasteiger partial charge in [-0.15, -0.1) is 0 Å². The molecule has 0 aromatic heterocycles. The first-order valence-corrected chi connectivity index (χ1v) is 9.69. The Morgan fingerprint density at radius 3 is 2.37 bits per heavy atom. The Balaban J connectivity index is 1.90. The van der Waals surface area contributed by atoms with Gasteiger partial charge in [0.1, 0.15) is 11.5 Å². The molecule has 5 heteroatoms. The van der Waals surface area contributed by atoms with Gasteiger partial charge in [0.25, 0.3) is 0 Å². The largest absolute Gasteiger partial charge is 0.497 e. The van der Waals surface area contributed by atoms with Gasteiger partial charge in [-0.1, -0.05) is 54.6 Å². The highest BCUT2D eigenvalue weighted by Crippen LogP contribution is 2.37. The van der Waals surface area contributed by atoms with Crippen LogP contribution < -0.4 is 4.74 Å². The zero-order chi connectivity index (χ0) is 21.5. The highest BCUT2D eigenvalue weighted by atomic mass is 16.5.